The summed E-state index contributed by atoms with van der Waals surface area (Å²) in [6.45, 7) is 0.394. The summed E-state index contributed by atoms with van der Waals surface area (Å²) in [5.41, 5.74) is 3.26. The molecule has 2 rings (SSSR count). The number of carbonyl (C=O) groups is 2. The van der Waals surface area contributed by atoms with Gasteiger partial charge in [0.2, 0.25) is 5.91 Å². The Labute approximate surface area is 123 Å². The number of ether oxygens (including phenoxy) is 1. The molecule has 0 unspecified atom stereocenters. The van der Waals surface area contributed by atoms with Crippen molar-refractivity contribution in [2.24, 2.45) is 0 Å². The average Bonchev–Trinajstić information content (AvgIpc) is 2.54. The highest BCUT2D eigenvalue weighted by atomic mass is 16.5. The third-order valence-corrected chi connectivity index (χ3v) is 3.08. The summed E-state index contributed by atoms with van der Waals surface area (Å²) in [5, 5.41) is 2.68. The first-order chi connectivity index (χ1) is 10.2. The van der Waals surface area contributed by atoms with E-state index >= 15 is 0 Å². The number of amides is 1. The van der Waals surface area contributed by atoms with Gasteiger partial charge < -0.3 is 10.1 Å². The first-order valence-electron chi connectivity index (χ1n) is 6.67. The zero-order valence-corrected chi connectivity index (χ0v) is 11.8. The van der Waals surface area contributed by atoms with Crippen molar-refractivity contribution < 1.29 is 14.3 Å². The van der Waals surface area contributed by atoms with E-state index in [9.17, 15) is 9.59 Å². The largest absolute Gasteiger partial charge is 0.469 e. The number of rotatable bonds is 5. The molecular formula is C17H17NO3. The van der Waals surface area contributed by atoms with E-state index in [1.807, 2.05) is 54.6 Å². The van der Waals surface area contributed by atoms with Crippen molar-refractivity contribution in [1.82, 2.24) is 5.32 Å². The highest BCUT2D eigenvalue weighted by molar-refractivity contribution is 5.94. The molecule has 108 valence electrons. The molecule has 0 bridgehead atoms. The molecule has 1 amide bonds. The van der Waals surface area contributed by atoms with Gasteiger partial charge >= 0.3 is 5.97 Å². The number of hydrogen-bond acceptors (Lipinski definition) is 3. The zero-order chi connectivity index (χ0) is 15.1. The normalized spacial score (nSPS) is 9.95. The van der Waals surface area contributed by atoms with Gasteiger partial charge in [-0.25, -0.2) is 0 Å². The fourth-order valence-corrected chi connectivity index (χ4v) is 1.91. The van der Waals surface area contributed by atoms with E-state index in [-0.39, 0.29) is 12.3 Å². The van der Waals surface area contributed by atoms with Gasteiger partial charge in [0.25, 0.3) is 0 Å². The van der Waals surface area contributed by atoms with Crippen LogP contribution in [0.5, 0.6) is 0 Å². The average molecular weight is 283 g/mol. The quantitative estimate of drug-likeness (QED) is 0.677. The lowest BCUT2D eigenvalue weighted by Gasteiger charge is -2.06. The minimum Gasteiger partial charge on any atom is -0.469 e. The van der Waals surface area contributed by atoms with Gasteiger partial charge in [-0.15, -0.1) is 0 Å². The summed E-state index contributed by atoms with van der Waals surface area (Å²) in [6, 6.07) is 18.0. The molecule has 0 fully saturated rings. The standard InChI is InChI=1S/C17H17NO3/c1-21-17(20)11-16(19)18-12-13-7-9-15(10-8-13)14-5-3-2-4-6-14/h2-10H,11-12H2,1H3,(H,18,19). The number of methoxy groups -OCH3 is 1. The van der Waals surface area contributed by atoms with Gasteiger partial charge in [0, 0.05) is 6.54 Å². The number of benzene rings is 2. The van der Waals surface area contributed by atoms with Crippen molar-refractivity contribution in [3.05, 3.63) is 60.2 Å². The van der Waals surface area contributed by atoms with Crippen molar-refractivity contribution in [3.63, 3.8) is 0 Å². The van der Waals surface area contributed by atoms with Crippen LogP contribution >= 0.6 is 0 Å². The predicted molar refractivity (Wildman–Crippen MR) is 80.4 cm³/mol. The number of carbonyl (C=O) groups excluding carboxylic acids is 2. The predicted octanol–water partition coefficient (Wildman–Crippen LogP) is 2.53. The Balaban J connectivity index is 1.91. The third-order valence-electron chi connectivity index (χ3n) is 3.08. The Hall–Kier alpha value is -2.62. The molecule has 0 aliphatic carbocycles. The van der Waals surface area contributed by atoms with E-state index in [1.54, 1.807) is 0 Å². The summed E-state index contributed by atoms with van der Waals surface area (Å²) in [5.74, 6) is -0.874. The maximum Gasteiger partial charge on any atom is 0.315 e. The Morgan fingerprint density at radius 1 is 0.952 bits per heavy atom. The molecule has 0 radical (unpaired) electrons. The van der Waals surface area contributed by atoms with Crippen LogP contribution in [-0.2, 0) is 20.9 Å². The molecule has 21 heavy (non-hydrogen) atoms. The summed E-state index contributed by atoms with van der Waals surface area (Å²) < 4.78 is 4.44. The van der Waals surface area contributed by atoms with E-state index in [2.05, 4.69) is 10.1 Å². The van der Waals surface area contributed by atoms with Gasteiger partial charge in [-0.05, 0) is 16.7 Å². The van der Waals surface area contributed by atoms with Crippen LogP contribution in [-0.4, -0.2) is 19.0 Å². The van der Waals surface area contributed by atoms with Crippen LogP contribution in [0.3, 0.4) is 0 Å². The third kappa shape index (κ3) is 4.45. The Morgan fingerprint density at radius 2 is 1.57 bits per heavy atom. The van der Waals surface area contributed by atoms with Crippen LogP contribution in [0.2, 0.25) is 0 Å². The number of nitrogens with one attached hydrogen (secondary N) is 1. The molecule has 0 aliphatic heterocycles. The molecular weight excluding hydrogens is 266 g/mol. The second-order valence-electron chi connectivity index (χ2n) is 4.59. The van der Waals surface area contributed by atoms with E-state index in [4.69, 9.17) is 0 Å². The summed E-state index contributed by atoms with van der Waals surface area (Å²) in [4.78, 5) is 22.4. The van der Waals surface area contributed by atoms with Crippen LogP contribution in [0.1, 0.15) is 12.0 Å². The fraction of sp³-hybridized carbons (Fsp3) is 0.176. The van der Waals surface area contributed by atoms with E-state index in [0.29, 0.717) is 6.54 Å². The van der Waals surface area contributed by atoms with Gasteiger partial charge in [-0.2, -0.15) is 0 Å². The lowest BCUT2D eigenvalue weighted by Crippen LogP contribution is -2.25. The molecule has 4 nitrogen and oxygen atoms in total. The maximum atomic E-state index is 11.5. The minimum absolute atomic E-state index is 0.251. The maximum absolute atomic E-state index is 11.5. The van der Waals surface area contributed by atoms with E-state index in [0.717, 1.165) is 16.7 Å². The topological polar surface area (TPSA) is 55.4 Å². The van der Waals surface area contributed by atoms with Gasteiger partial charge in [0.15, 0.2) is 0 Å². The Kier molecular flexibility index (Phi) is 5.10. The van der Waals surface area contributed by atoms with Gasteiger partial charge in [-0.3, -0.25) is 9.59 Å². The first kappa shape index (κ1) is 14.8. The molecule has 0 saturated heterocycles. The smallest absolute Gasteiger partial charge is 0.315 e. The highest BCUT2D eigenvalue weighted by Crippen LogP contribution is 2.19. The molecule has 0 aromatic heterocycles. The zero-order valence-electron chi connectivity index (χ0n) is 11.8. The molecule has 2 aromatic carbocycles. The van der Waals surface area contributed by atoms with Crippen molar-refractivity contribution in [3.8, 4) is 11.1 Å². The van der Waals surface area contributed by atoms with Crippen molar-refractivity contribution in [2.45, 2.75) is 13.0 Å². The Bertz CT molecular complexity index is 606. The van der Waals surface area contributed by atoms with Crippen molar-refractivity contribution >= 4 is 11.9 Å². The molecule has 2 aromatic rings. The number of esters is 1. The lowest BCUT2D eigenvalue weighted by atomic mass is 10.0. The van der Waals surface area contributed by atoms with Crippen LogP contribution in [0.15, 0.2) is 54.6 Å². The van der Waals surface area contributed by atoms with Crippen LogP contribution in [0.25, 0.3) is 11.1 Å². The molecule has 0 spiro atoms. The van der Waals surface area contributed by atoms with E-state index < -0.39 is 5.97 Å². The summed E-state index contributed by atoms with van der Waals surface area (Å²) >= 11 is 0. The van der Waals surface area contributed by atoms with Crippen molar-refractivity contribution in [1.29, 1.82) is 0 Å². The second-order valence-corrected chi connectivity index (χ2v) is 4.59. The monoisotopic (exact) mass is 283 g/mol. The fourth-order valence-electron chi connectivity index (χ4n) is 1.91. The highest BCUT2D eigenvalue weighted by Gasteiger charge is 2.08. The lowest BCUT2D eigenvalue weighted by molar-refractivity contribution is -0.143. The molecule has 0 atom stereocenters. The van der Waals surface area contributed by atoms with Crippen LogP contribution < -0.4 is 5.32 Å². The van der Waals surface area contributed by atoms with Gasteiger partial charge in [0.05, 0.1) is 7.11 Å². The molecule has 4 heteroatoms. The second kappa shape index (κ2) is 7.24. The van der Waals surface area contributed by atoms with Gasteiger partial charge in [-0.1, -0.05) is 54.6 Å². The first-order valence-corrected chi connectivity index (χ1v) is 6.67. The van der Waals surface area contributed by atoms with Crippen LogP contribution in [0, 0.1) is 0 Å². The Morgan fingerprint density at radius 3 is 2.19 bits per heavy atom. The minimum atomic E-state index is -0.535. The molecule has 0 heterocycles. The number of hydrogen-bond donors (Lipinski definition) is 1. The van der Waals surface area contributed by atoms with Crippen molar-refractivity contribution in [2.75, 3.05) is 7.11 Å². The molecule has 0 aliphatic rings. The van der Waals surface area contributed by atoms with Crippen LogP contribution in [0.4, 0.5) is 0 Å². The summed E-state index contributed by atoms with van der Waals surface area (Å²) in [7, 11) is 1.26. The summed E-state index contributed by atoms with van der Waals surface area (Å²) in [6.07, 6.45) is -0.251. The molecule has 1 N–H and O–H groups in total. The SMILES string of the molecule is COC(=O)CC(=O)NCc1ccc(-c2ccccc2)cc1. The van der Waals surface area contributed by atoms with E-state index in [1.165, 1.54) is 7.11 Å². The molecule has 0 saturated carbocycles. The van der Waals surface area contributed by atoms with Gasteiger partial charge in [0.1, 0.15) is 6.42 Å².